The molecule has 0 bridgehead atoms. The molecule has 2 aromatic rings. The van der Waals surface area contributed by atoms with Crippen molar-refractivity contribution < 1.29 is 23.8 Å². The van der Waals surface area contributed by atoms with Crippen LogP contribution in [0.25, 0.3) is 0 Å². The summed E-state index contributed by atoms with van der Waals surface area (Å²) >= 11 is 0. The number of nitrogens with zero attached hydrogens (tertiary/aromatic N) is 1. The predicted molar refractivity (Wildman–Crippen MR) is 92.8 cm³/mol. The Morgan fingerprint density at radius 1 is 1.12 bits per heavy atom. The van der Waals surface area contributed by atoms with Gasteiger partial charge in [-0.25, -0.2) is 9.18 Å². The smallest absolute Gasteiger partial charge is 0.410 e. The number of benzene rings is 2. The van der Waals surface area contributed by atoms with Crippen LogP contribution in [0, 0.1) is 11.7 Å². The molecule has 1 amide bonds. The number of likely N-dealkylation sites (tertiary alicyclic amines) is 1. The Labute approximate surface area is 151 Å². The highest BCUT2D eigenvalue weighted by Crippen LogP contribution is 2.36. The first-order valence-corrected chi connectivity index (χ1v) is 8.51. The predicted octanol–water partition coefficient (Wildman–Crippen LogP) is 4.00. The Bertz CT molecular complexity index is 780. The number of halogens is 1. The molecule has 2 atom stereocenters. The molecule has 2 unspecified atom stereocenters. The molecule has 0 aromatic heterocycles. The van der Waals surface area contributed by atoms with E-state index in [9.17, 15) is 19.1 Å². The van der Waals surface area contributed by atoms with Gasteiger partial charge in [0.15, 0.2) is 0 Å². The molecule has 1 fully saturated rings. The van der Waals surface area contributed by atoms with Crippen LogP contribution in [-0.2, 0) is 16.1 Å². The second-order valence-corrected chi connectivity index (χ2v) is 6.33. The highest BCUT2D eigenvalue weighted by atomic mass is 19.1. The second-order valence-electron chi connectivity index (χ2n) is 6.33. The van der Waals surface area contributed by atoms with Crippen LogP contribution < -0.4 is 0 Å². The van der Waals surface area contributed by atoms with Gasteiger partial charge in [-0.3, -0.25) is 4.79 Å². The number of hydrogen-bond acceptors (Lipinski definition) is 3. The Kier molecular flexibility index (Phi) is 5.51. The van der Waals surface area contributed by atoms with Crippen molar-refractivity contribution in [2.75, 3.05) is 6.54 Å². The quantitative estimate of drug-likeness (QED) is 0.898. The molecule has 5 nitrogen and oxygen atoms in total. The number of carboxylic acids is 1. The van der Waals surface area contributed by atoms with Gasteiger partial charge in [0.2, 0.25) is 0 Å². The van der Waals surface area contributed by atoms with E-state index >= 15 is 0 Å². The molecule has 0 aliphatic carbocycles. The summed E-state index contributed by atoms with van der Waals surface area (Å²) in [7, 11) is 0. The van der Waals surface area contributed by atoms with Crippen LogP contribution in [0.15, 0.2) is 54.6 Å². The zero-order chi connectivity index (χ0) is 18.5. The van der Waals surface area contributed by atoms with Crippen molar-refractivity contribution >= 4 is 12.1 Å². The topological polar surface area (TPSA) is 66.8 Å². The van der Waals surface area contributed by atoms with Crippen molar-refractivity contribution in [2.45, 2.75) is 25.5 Å². The summed E-state index contributed by atoms with van der Waals surface area (Å²) in [4.78, 5) is 25.4. The van der Waals surface area contributed by atoms with Crippen LogP contribution >= 0.6 is 0 Å². The fourth-order valence-corrected chi connectivity index (χ4v) is 3.25. The van der Waals surface area contributed by atoms with E-state index in [0.29, 0.717) is 12.0 Å². The summed E-state index contributed by atoms with van der Waals surface area (Å²) in [5.74, 6) is -1.99. The summed E-state index contributed by atoms with van der Waals surface area (Å²) < 4.78 is 19.6. The molecule has 3 rings (SSSR count). The molecule has 1 aliphatic rings. The number of carboxylic acid groups (broad SMARTS) is 1. The van der Waals surface area contributed by atoms with Gasteiger partial charge in [0.1, 0.15) is 12.4 Å². The lowest BCUT2D eigenvalue weighted by Gasteiger charge is -2.37. The summed E-state index contributed by atoms with van der Waals surface area (Å²) in [6, 6.07) is 14.7. The monoisotopic (exact) mass is 357 g/mol. The standard InChI is InChI=1S/C20H20FNO4/c21-17-9-5-4-8-16(17)18-12-15(19(23)24)10-11-22(18)20(25)26-13-14-6-2-1-3-7-14/h1-9,15,18H,10-13H2,(H,23,24). The normalized spacial score (nSPS) is 19.8. The Balaban J connectivity index is 1.78. The van der Waals surface area contributed by atoms with E-state index in [1.807, 2.05) is 30.3 Å². The number of carbonyl (C=O) groups is 2. The summed E-state index contributed by atoms with van der Waals surface area (Å²) in [5.41, 5.74) is 1.17. The summed E-state index contributed by atoms with van der Waals surface area (Å²) in [6.45, 7) is 0.326. The molecule has 1 N–H and O–H groups in total. The lowest BCUT2D eigenvalue weighted by Crippen LogP contribution is -2.43. The van der Waals surface area contributed by atoms with Gasteiger partial charge in [0.05, 0.1) is 12.0 Å². The molecule has 0 spiro atoms. The van der Waals surface area contributed by atoms with E-state index in [1.165, 1.54) is 11.0 Å². The minimum atomic E-state index is -0.927. The maximum Gasteiger partial charge on any atom is 0.410 e. The van der Waals surface area contributed by atoms with Crippen molar-refractivity contribution in [3.05, 3.63) is 71.5 Å². The number of amides is 1. The lowest BCUT2D eigenvalue weighted by molar-refractivity contribution is -0.144. The minimum Gasteiger partial charge on any atom is -0.481 e. The Morgan fingerprint density at radius 3 is 2.50 bits per heavy atom. The first-order valence-electron chi connectivity index (χ1n) is 8.51. The van der Waals surface area contributed by atoms with Gasteiger partial charge < -0.3 is 14.7 Å². The first kappa shape index (κ1) is 17.9. The second kappa shape index (κ2) is 7.99. The molecule has 2 aromatic carbocycles. The fourth-order valence-electron chi connectivity index (χ4n) is 3.25. The van der Waals surface area contributed by atoms with E-state index in [4.69, 9.17) is 4.74 Å². The van der Waals surface area contributed by atoms with E-state index < -0.39 is 29.8 Å². The van der Waals surface area contributed by atoms with Crippen molar-refractivity contribution in [1.29, 1.82) is 0 Å². The molecular formula is C20H20FNO4. The largest absolute Gasteiger partial charge is 0.481 e. The third kappa shape index (κ3) is 4.02. The number of aliphatic carboxylic acids is 1. The van der Waals surface area contributed by atoms with Crippen LogP contribution in [0.2, 0.25) is 0 Å². The third-order valence-electron chi connectivity index (χ3n) is 4.66. The molecule has 136 valence electrons. The Morgan fingerprint density at radius 2 is 1.81 bits per heavy atom. The number of rotatable bonds is 4. The van der Waals surface area contributed by atoms with Gasteiger partial charge in [-0.05, 0) is 24.5 Å². The van der Waals surface area contributed by atoms with E-state index in [-0.39, 0.29) is 19.6 Å². The molecule has 0 radical (unpaired) electrons. The fraction of sp³-hybridized carbons (Fsp3) is 0.300. The number of ether oxygens (including phenoxy) is 1. The molecule has 1 aliphatic heterocycles. The van der Waals surface area contributed by atoms with Crippen LogP contribution in [0.4, 0.5) is 9.18 Å². The molecule has 26 heavy (non-hydrogen) atoms. The highest BCUT2D eigenvalue weighted by Gasteiger charge is 2.37. The van der Waals surface area contributed by atoms with Gasteiger partial charge in [0.25, 0.3) is 0 Å². The molecular weight excluding hydrogens is 337 g/mol. The van der Waals surface area contributed by atoms with Crippen LogP contribution in [0.5, 0.6) is 0 Å². The lowest BCUT2D eigenvalue weighted by atomic mass is 9.87. The van der Waals surface area contributed by atoms with Crippen LogP contribution in [0.3, 0.4) is 0 Å². The van der Waals surface area contributed by atoms with Crippen LogP contribution in [0.1, 0.15) is 30.0 Å². The molecule has 0 saturated carbocycles. The number of carbonyl (C=O) groups excluding carboxylic acids is 1. The third-order valence-corrected chi connectivity index (χ3v) is 4.66. The summed E-state index contributed by atoms with van der Waals surface area (Å²) in [5, 5.41) is 9.32. The SMILES string of the molecule is O=C(O)C1CCN(C(=O)OCc2ccccc2)C(c2ccccc2F)C1. The molecule has 6 heteroatoms. The number of piperidine rings is 1. The van der Waals surface area contributed by atoms with Gasteiger partial charge in [-0.15, -0.1) is 0 Å². The minimum absolute atomic E-state index is 0.114. The van der Waals surface area contributed by atoms with Gasteiger partial charge in [-0.2, -0.15) is 0 Å². The average molecular weight is 357 g/mol. The molecule has 1 heterocycles. The number of hydrogen-bond donors (Lipinski definition) is 1. The van der Waals surface area contributed by atoms with Crippen LogP contribution in [-0.4, -0.2) is 28.6 Å². The first-order chi connectivity index (χ1) is 12.6. The van der Waals surface area contributed by atoms with Crippen molar-refractivity contribution in [2.24, 2.45) is 5.92 Å². The van der Waals surface area contributed by atoms with Gasteiger partial charge in [0, 0.05) is 12.1 Å². The van der Waals surface area contributed by atoms with E-state index in [1.54, 1.807) is 18.2 Å². The van der Waals surface area contributed by atoms with Gasteiger partial charge in [-0.1, -0.05) is 48.5 Å². The zero-order valence-corrected chi connectivity index (χ0v) is 14.2. The summed E-state index contributed by atoms with van der Waals surface area (Å²) in [6.07, 6.45) is -0.0804. The zero-order valence-electron chi connectivity index (χ0n) is 14.2. The average Bonchev–Trinajstić information content (AvgIpc) is 2.67. The van der Waals surface area contributed by atoms with Crippen molar-refractivity contribution in [1.82, 2.24) is 4.90 Å². The highest BCUT2D eigenvalue weighted by molar-refractivity contribution is 5.72. The van der Waals surface area contributed by atoms with E-state index in [0.717, 1.165) is 5.56 Å². The molecule has 1 saturated heterocycles. The maximum absolute atomic E-state index is 14.3. The van der Waals surface area contributed by atoms with E-state index in [2.05, 4.69) is 0 Å². The maximum atomic E-state index is 14.3. The van der Waals surface area contributed by atoms with Crippen molar-refractivity contribution in [3.63, 3.8) is 0 Å². The Hall–Kier alpha value is -2.89. The van der Waals surface area contributed by atoms with Gasteiger partial charge >= 0.3 is 12.1 Å². The van der Waals surface area contributed by atoms with Crippen molar-refractivity contribution in [3.8, 4) is 0 Å².